The van der Waals surface area contributed by atoms with E-state index in [0.717, 1.165) is 16.6 Å². The van der Waals surface area contributed by atoms with E-state index in [2.05, 4.69) is 11.2 Å². The molecule has 0 bridgehead atoms. The van der Waals surface area contributed by atoms with Gasteiger partial charge in [0, 0.05) is 24.0 Å². The maximum absolute atomic E-state index is 10.8. The molecule has 0 amide bonds. The SMILES string of the molecule is Cc1ccc2c(c1)cc(-c1cc(C(=O)O)no1)n2C. The van der Waals surface area contributed by atoms with Crippen molar-refractivity contribution in [2.24, 2.45) is 7.05 Å². The van der Waals surface area contributed by atoms with Gasteiger partial charge in [0.1, 0.15) is 0 Å². The molecule has 0 fully saturated rings. The first-order valence-electron chi connectivity index (χ1n) is 5.83. The largest absolute Gasteiger partial charge is 0.476 e. The molecule has 0 radical (unpaired) electrons. The van der Waals surface area contributed by atoms with Crippen molar-refractivity contribution in [2.75, 3.05) is 0 Å². The summed E-state index contributed by atoms with van der Waals surface area (Å²) >= 11 is 0. The van der Waals surface area contributed by atoms with Gasteiger partial charge in [-0.2, -0.15) is 0 Å². The Morgan fingerprint density at radius 1 is 1.32 bits per heavy atom. The fraction of sp³-hybridized carbons (Fsp3) is 0.143. The highest BCUT2D eigenvalue weighted by Crippen LogP contribution is 2.28. The Morgan fingerprint density at radius 3 is 2.79 bits per heavy atom. The number of hydrogen-bond acceptors (Lipinski definition) is 3. The molecule has 1 N–H and O–H groups in total. The Hall–Kier alpha value is -2.56. The van der Waals surface area contributed by atoms with E-state index < -0.39 is 5.97 Å². The van der Waals surface area contributed by atoms with Crippen LogP contribution in [0.2, 0.25) is 0 Å². The highest BCUT2D eigenvalue weighted by Gasteiger charge is 2.15. The van der Waals surface area contributed by atoms with Gasteiger partial charge in [0.05, 0.1) is 5.69 Å². The highest BCUT2D eigenvalue weighted by atomic mass is 16.5. The van der Waals surface area contributed by atoms with Crippen LogP contribution in [0.25, 0.3) is 22.4 Å². The first-order chi connectivity index (χ1) is 9.06. The van der Waals surface area contributed by atoms with Crippen molar-refractivity contribution < 1.29 is 14.4 Å². The predicted octanol–water partition coefficient (Wildman–Crippen LogP) is 2.84. The van der Waals surface area contributed by atoms with Gasteiger partial charge < -0.3 is 14.2 Å². The molecule has 0 aliphatic heterocycles. The van der Waals surface area contributed by atoms with E-state index >= 15 is 0 Å². The van der Waals surface area contributed by atoms with Crippen LogP contribution in [0.1, 0.15) is 16.1 Å². The van der Waals surface area contributed by atoms with Crippen LogP contribution in [0.15, 0.2) is 34.9 Å². The fourth-order valence-electron chi connectivity index (χ4n) is 2.20. The Kier molecular flexibility index (Phi) is 2.41. The van der Waals surface area contributed by atoms with Crippen molar-refractivity contribution in [3.63, 3.8) is 0 Å². The molecule has 0 saturated carbocycles. The number of carboxylic acids is 1. The summed E-state index contributed by atoms with van der Waals surface area (Å²) in [6.45, 7) is 2.03. The van der Waals surface area contributed by atoms with Crippen LogP contribution in [0, 0.1) is 6.92 Å². The summed E-state index contributed by atoms with van der Waals surface area (Å²) in [4.78, 5) is 10.8. The molecular formula is C14H12N2O3. The molecular weight excluding hydrogens is 244 g/mol. The number of carbonyl (C=O) groups is 1. The molecule has 19 heavy (non-hydrogen) atoms. The number of carboxylic acid groups (broad SMARTS) is 1. The van der Waals surface area contributed by atoms with Gasteiger partial charge in [0.2, 0.25) is 0 Å². The van der Waals surface area contributed by atoms with Crippen LogP contribution in [-0.4, -0.2) is 20.8 Å². The van der Waals surface area contributed by atoms with E-state index in [4.69, 9.17) is 9.63 Å². The van der Waals surface area contributed by atoms with Gasteiger partial charge in [-0.15, -0.1) is 0 Å². The van der Waals surface area contributed by atoms with Crippen LogP contribution in [0.5, 0.6) is 0 Å². The van der Waals surface area contributed by atoms with Crippen molar-refractivity contribution in [3.8, 4) is 11.5 Å². The second-order valence-electron chi connectivity index (χ2n) is 4.53. The van der Waals surface area contributed by atoms with Crippen molar-refractivity contribution in [1.29, 1.82) is 0 Å². The summed E-state index contributed by atoms with van der Waals surface area (Å²) in [5.74, 6) is -0.640. The summed E-state index contributed by atoms with van der Waals surface area (Å²) in [7, 11) is 1.91. The second-order valence-corrected chi connectivity index (χ2v) is 4.53. The van der Waals surface area contributed by atoms with Crippen LogP contribution in [-0.2, 0) is 7.05 Å². The molecule has 0 spiro atoms. The van der Waals surface area contributed by atoms with Crippen molar-refractivity contribution in [3.05, 3.63) is 41.6 Å². The van der Waals surface area contributed by atoms with E-state index in [1.54, 1.807) is 0 Å². The molecule has 0 unspecified atom stereocenters. The highest BCUT2D eigenvalue weighted by molar-refractivity contribution is 5.89. The molecule has 3 aromatic rings. The summed E-state index contributed by atoms with van der Waals surface area (Å²) in [5.41, 5.74) is 2.96. The number of rotatable bonds is 2. The lowest BCUT2D eigenvalue weighted by atomic mass is 10.2. The third-order valence-electron chi connectivity index (χ3n) is 3.18. The summed E-state index contributed by atoms with van der Waals surface area (Å²) < 4.78 is 7.06. The Bertz CT molecular complexity index is 783. The molecule has 0 atom stereocenters. The predicted molar refractivity (Wildman–Crippen MR) is 70.1 cm³/mol. The molecule has 5 nitrogen and oxygen atoms in total. The Morgan fingerprint density at radius 2 is 2.11 bits per heavy atom. The van der Waals surface area contributed by atoms with Gasteiger partial charge in [-0.1, -0.05) is 16.8 Å². The number of aromatic carboxylic acids is 1. The van der Waals surface area contributed by atoms with Crippen LogP contribution in [0.4, 0.5) is 0 Å². The van der Waals surface area contributed by atoms with Gasteiger partial charge in [0.25, 0.3) is 0 Å². The zero-order valence-corrected chi connectivity index (χ0v) is 10.5. The average molecular weight is 256 g/mol. The minimum absolute atomic E-state index is 0.0866. The topological polar surface area (TPSA) is 68.3 Å². The van der Waals surface area contributed by atoms with Crippen LogP contribution >= 0.6 is 0 Å². The van der Waals surface area contributed by atoms with Gasteiger partial charge in [0.15, 0.2) is 11.5 Å². The maximum Gasteiger partial charge on any atom is 0.358 e. The third-order valence-corrected chi connectivity index (χ3v) is 3.18. The van der Waals surface area contributed by atoms with Gasteiger partial charge in [-0.05, 0) is 25.1 Å². The van der Waals surface area contributed by atoms with Crippen LogP contribution < -0.4 is 0 Å². The molecule has 0 aliphatic carbocycles. The number of benzene rings is 1. The molecule has 1 aromatic carbocycles. The molecule has 2 aromatic heterocycles. The molecule has 0 saturated heterocycles. The lowest BCUT2D eigenvalue weighted by Gasteiger charge is -2.00. The quantitative estimate of drug-likeness (QED) is 0.765. The minimum atomic E-state index is -1.09. The molecule has 5 heteroatoms. The lowest BCUT2D eigenvalue weighted by molar-refractivity contribution is 0.0686. The molecule has 3 rings (SSSR count). The van der Waals surface area contributed by atoms with E-state index in [1.807, 2.05) is 36.7 Å². The molecule has 0 aliphatic rings. The van der Waals surface area contributed by atoms with Crippen LogP contribution in [0.3, 0.4) is 0 Å². The molecule has 96 valence electrons. The van der Waals surface area contributed by atoms with Crippen molar-refractivity contribution >= 4 is 16.9 Å². The van der Waals surface area contributed by atoms with E-state index in [-0.39, 0.29) is 5.69 Å². The minimum Gasteiger partial charge on any atom is -0.476 e. The first-order valence-corrected chi connectivity index (χ1v) is 5.83. The van der Waals surface area contributed by atoms with Gasteiger partial charge >= 0.3 is 5.97 Å². The van der Waals surface area contributed by atoms with Gasteiger partial charge in [-0.3, -0.25) is 0 Å². The van der Waals surface area contributed by atoms with Crippen molar-refractivity contribution in [1.82, 2.24) is 9.72 Å². The number of aromatic nitrogens is 2. The Balaban J connectivity index is 2.18. The van der Waals surface area contributed by atoms with E-state index in [0.29, 0.717) is 5.76 Å². The summed E-state index contributed by atoms with van der Waals surface area (Å²) in [6.07, 6.45) is 0. The fourth-order valence-corrected chi connectivity index (χ4v) is 2.20. The van der Waals surface area contributed by atoms with E-state index in [1.165, 1.54) is 11.6 Å². The summed E-state index contributed by atoms with van der Waals surface area (Å²) in [5, 5.41) is 13.5. The zero-order chi connectivity index (χ0) is 13.6. The number of aryl methyl sites for hydroxylation is 2. The number of fused-ring (bicyclic) bond motifs is 1. The maximum atomic E-state index is 10.8. The van der Waals surface area contributed by atoms with E-state index in [9.17, 15) is 4.79 Å². The third kappa shape index (κ3) is 1.79. The number of nitrogens with zero attached hydrogens (tertiary/aromatic N) is 2. The first kappa shape index (κ1) is 11.5. The van der Waals surface area contributed by atoms with Gasteiger partial charge in [-0.25, -0.2) is 4.79 Å². The number of hydrogen-bond donors (Lipinski definition) is 1. The monoisotopic (exact) mass is 256 g/mol. The lowest BCUT2D eigenvalue weighted by Crippen LogP contribution is -1.94. The summed E-state index contributed by atoms with van der Waals surface area (Å²) in [6, 6.07) is 9.54. The molecule has 2 heterocycles. The normalized spacial score (nSPS) is 11.1. The standard InChI is InChI=1S/C14H12N2O3/c1-8-3-4-11-9(5-8)6-12(16(11)2)13-7-10(14(17)18)15-19-13/h3-7H,1-2H3,(H,17,18). The van der Waals surface area contributed by atoms with Crippen molar-refractivity contribution in [2.45, 2.75) is 6.92 Å². The Labute approximate surface area is 109 Å². The smallest absolute Gasteiger partial charge is 0.358 e. The average Bonchev–Trinajstić information content (AvgIpc) is 2.94. The second kappa shape index (κ2) is 3.98. The zero-order valence-electron chi connectivity index (χ0n) is 10.5.